The first-order chi connectivity index (χ1) is 13.0. The Morgan fingerprint density at radius 3 is 2.25 bits per heavy atom. The SMILES string of the molecule is COC(=O)C1=C[C@H](Br)[C@@H](OC(=O)c2ccccc2)[C@H](O[Si](C)(C)C(C)(C)C)C1. The van der Waals surface area contributed by atoms with Gasteiger partial charge in [0, 0.05) is 12.0 Å². The van der Waals surface area contributed by atoms with E-state index in [-0.39, 0.29) is 15.8 Å². The van der Waals surface area contributed by atoms with E-state index in [1.54, 1.807) is 30.3 Å². The van der Waals surface area contributed by atoms with Crippen LogP contribution in [0.1, 0.15) is 37.6 Å². The van der Waals surface area contributed by atoms with E-state index in [0.29, 0.717) is 17.6 Å². The van der Waals surface area contributed by atoms with Gasteiger partial charge in [0.15, 0.2) is 8.32 Å². The zero-order valence-corrected chi connectivity index (χ0v) is 19.9. The predicted molar refractivity (Wildman–Crippen MR) is 115 cm³/mol. The van der Waals surface area contributed by atoms with Gasteiger partial charge in [-0.3, -0.25) is 0 Å². The van der Waals surface area contributed by atoms with Gasteiger partial charge in [0.05, 0.1) is 23.6 Å². The van der Waals surface area contributed by atoms with Crippen molar-refractivity contribution in [3.63, 3.8) is 0 Å². The molecule has 0 fully saturated rings. The third-order valence-corrected chi connectivity index (χ3v) is 10.7. The number of hydrogen-bond acceptors (Lipinski definition) is 5. The lowest BCUT2D eigenvalue weighted by atomic mass is 9.94. The van der Waals surface area contributed by atoms with Gasteiger partial charge >= 0.3 is 11.9 Å². The van der Waals surface area contributed by atoms with Crippen molar-refractivity contribution in [1.82, 2.24) is 0 Å². The molecule has 0 bridgehead atoms. The molecule has 1 aromatic rings. The molecule has 0 saturated heterocycles. The van der Waals surface area contributed by atoms with Crippen LogP contribution in [0.5, 0.6) is 0 Å². The molecule has 28 heavy (non-hydrogen) atoms. The summed E-state index contributed by atoms with van der Waals surface area (Å²) in [4.78, 5) is 24.4. The number of benzene rings is 1. The van der Waals surface area contributed by atoms with Crippen LogP contribution in [0.4, 0.5) is 0 Å². The highest BCUT2D eigenvalue weighted by Gasteiger charge is 2.45. The average Bonchev–Trinajstić information content (AvgIpc) is 2.62. The molecule has 1 aromatic carbocycles. The van der Waals surface area contributed by atoms with Gasteiger partial charge in [-0.2, -0.15) is 0 Å². The zero-order valence-electron chi connectivity index (χ0n) is 17.3. The summed E-state index contributed by atoms with van der Waals surface area (Å²) in [7, 11) is -0.801. The first-order valence-electron chi connectivity index (χ1n) is 9.33. The standard InChI is InChI=1S/C21H29BrO5Si/c1-21(2,3)28(5,6)27-17-13-15(19(23)25-4)12-16(22)18(17)26-20(24)14-10-8-7-9-11-14/h7-12,16-18H,13H2,1-6H3/t16-,17+,18+/m0/s1. The molecule has 0 heterocycles. The van der Waals surface area contributed by atoms with Gasteiger partial charge in [0.25, 0.3) is 0 Å². The van der Waals surface area contributed by atoms with E-state index in [1.807, 2.05) is 6.07 Å². The predicted octanol–water partition coefficient (Wildman–Crippen LogP) is 4.87. The van der Waals surface area contributed by atoms with E-state index in [0.717, 1.165) is 0 Å². The van der Waals surface area contributed by atoms with E-state index in [2.05, 4.69) is 49.8 Å². The van der Waals surface area contributed by atoms with Gasteiger partial charge < -0.3 is 13.9 Å². The summed E-state index contributed by atoms with van der Waals surface area (Å²) in [5, 5.41) is -0.0185. The van der Waals surface area contributed by atoms with Crippen molar-refractivity contribution >= 4 is 36.2 Å². The van der Waals surface area contributed by atoms with E-state index >= 15 is 0 Å². The molecule has 2 rings (SSSR count). The van der Waals surface area contributed by atoms with Crippen LogP contribution in [0.2, 0.25) is 18.1 Å². The van der Waals surface area contributed by atoms with Gasteiger partial charge in [0.1, 0.15) is 6.10 Å². The van der Waals surface area contributed by atoms with Crippen molar-refractivity contribution in [3.05, 3.63) is 47.5 Å². The van der Waals surface area contributed by atoms with Crippen molar-refractivity contribution in [1.29, 1.82) is 0 Å². The first kappa shape index (κ1) is 22.8. The normalized spacial score (nSPS) is 23.0. The Labute approximate surface area is 176 Å². The molecule has 1 aliphatic carbocycles. The van der Waals surface area contributed by atoms with Gasteiger partial charge in [-0.15, -0.1) is 0 Å². The lowest BCUT2D eigenvalue weighted by molar-refractivity contribution is -0.136. The van der Waals surface area contributed by atoms with Gasteiger partial charge in [-0.1, -0.05) is 61.0 Å². The summed E-state index contributed by atoms with van der Waals surface area (Å²) in [6, 6.07) is 8.87. The van der Waals surface area contributed by atoms with Gasteiger partial charge in [-0.05, 0) is 30.3 Å². The quantitative estimate of drug-likeness (QED) is 0.350. The van der Waals surface area contributed by atoms with E-state index in [1.165, 1.54) is 7.11 Å². The summed E-state index contributed by atoms with van der Waals surface area (Å²) in [6.07, 6.45) is 1.11. The van der Waals surface area contributed by atoms with Gasteiger partial charge in [-0.25, -0.2) is 9.59 Å². The first-order valence-corrected chi connectivity index (χ1v) is 13.2. The molecule has 0 aromatic heterocycles. The molecule has 0 saturated carbocycles. The molecule has 0 unspecified atom stereocenters. The van der Waals surface area contributed by atoms with Crippen LogP contribution in [0.3, 0.4) is 0 Å². The van der Waals surface area contributed by atoms with Crippen molar-refractivity contribution in [3.8, 4) is 0 Å². The van der Waals surface area contributed by atoms with Crippen LogP contribution in [0.15, 0.2) is 42.0 Å². The number of alkyl halides is 1. The molecular weight excluding hydrogens is 440 g/mol. The lowest BCUT2D eigenvalue weighted by Crippen LogP contribution is -2.51. The maximum absolute atomic E-state index is 12.6. The molecular formula is C21H29BrO5Si. The number of carbonyl (C=O) groups excluding carboxylic acids is 2. The smallest absolute Gasteiger partial charge is 0.338 e. The second-order valence-electron chi connectivity index (χ2n) is 8.48. The minimum atomic E-state index is -2.16. The van der Waals surface area contributed by atoms with Crippen LogP contribution < -0.4 is 0 Å². The minimum absolute atomic E-state index is 0.0185. The fourth-order valence-corrected chi connectivity index (χ4v) is 4.84. The maximum atomic E-state index is 12.6. The van der Waals surface area contributed by atoms with Crippen LogP contribution in [0, 0.1) is 0 Å². The highest BCUT2D eigenvalue weighted by atomic mass is 79.9. The van der Waals surface area contributed by atoms with Crippen molar-refractivity contribution in [2.45, 2.75) is 62.4 Å². The molecule has 5 nitrogen and oxygen atoms in total. The molecule has 0 radical (unpaired) electrons. The van der Waals surface area contributed by atoms with Crippen molar-refractivity contribution < 1.29 is 23.5 Å². The summed E-state index contributed by atoms with van der Waals surface area (Å²) >= 11 is 3.57. The average molecular weight is 469 g/mol. The molecule has 0 spiro atoms. The molecule has 3 atom stereocenters. The Morgan fingerprint density at radius 1 is 1.11 bits per heavy atom. The van der Waals surface area contributed by atoms with Crippen LogP contribution >= 0.6 is 15.9 Å². The molecule has 154 valence electrons. The summed E-state index contributed by atoms with van der Waals surface area (Å²) in [5.41, 5.74) is 1.01. The topological polar surface area (TPSA) is 61.8 Å². The van der Waals surface area contributed by atoms with E-state index in [4.69, 9.17) is 13.9 Å². The highest BCUT2D eigenvalue weighted by Crippen LogP contribution is 2.40. The molecule has 0 N–H and O–H groups in total. The number of hydrogen-bond donors (Lipinski definition) is 0. The maximum Gasteiger partial charge on any atom is 0.338 e. The van der Waals surface area contributed by atoms with Crippen LogP contribution in [-0.2, 0) is 18.7 Å². The number of ether oxygens (including phenoxy) is 2. The third-order valence-electron chi connectivity index (χ3n) is 5.41. The van der Waals surface area contributed by atoms with Crippen molar-refractivity contribution in [2.24, 2.45) is 0 Å². The Morgan fingerprint density at radius 2 is 1.71 bits per heavy atom. The number of esters is 2. The third kappa shape index (κ3) is 5.33. The van der Waals surface area contributed by atoms with E-state index in [9.17, 15) is 9.59 Å². The Bertz CT molecular complexity index is 739. The number of halogens is 1. The monoisotopic (exact) mass is 468 g/mol. The Balaban J connectivity index is 2.31. The number of methoxy groups -OCH3 is 1. The Hall–Kier alpha value is -1.44. The van der Waals surface area contributed by atoms with E-state index < -0.39 is 26.5 Å². The van der Waals surface area contributed by atoms with Crippen molar-refractivity contribution in [2.75, 3.05) is 7.11 Å². The molecule has 0 amide bonds. The lowest BCUT2D eigenvalue weighted by Gasteiger charge is -2.43. The largest absolute Gasteiger partial charge is 0.466 e. The Kier molecular flexibility index (Phi) is 7.28. The summed E-state index contributed by atoms with van der Waals surface area (Å²) < 4.78 is 17.3. The second kappa shape index (κ2) is 8.92. The fourth-order valence-electron chi connectivity index (χ4n) is 2.75. The molecule has 7 heteroatoms. The second-order valence-corrected chi connectivity index (χ2v) is 14.3. The fraction of sp³-hybridized carbons (Fsp3) is 0.524. The summed E-state index contributed by atoms with van der Waals surface area (Å²) in [6.45, 7) is 10.7. The van der Waals surface area contributed by atoms with Crippen LogP contribution in [-0.4, -0.2) is 44.4 Å². The zero-order chi connectivity index (χ0) is 21.1. The number of rotatable bonds is 5. The van der Waals surface area contributed by atoms with Gasteiger partial charge in [0.2, 0.25) is 0 Å². The summed E-state index contributed by atoms with van der Waals surface area (Å²) in [5.74, 6) is -0.796. The van der Waals surface area contributed by atoms with Crippen LogP contribution in [0.25, 0.3) is 0 Å². The molecule has 0 aliphatic heterocycles. The highest BCUT2D eigenvalue weighted by molar-refractivity contribution is 9.09. The number of carbonyl (C=O) groups is 2. The minimum Gasteiger partial charge on any atom is -0.466 e. The molecule has 1 aliphatic rings.